The molecule has 0 saturated carbocycles. The van der Waals surface area contributed by atoms with Gasteiger partial charge in [0, 0.05) is 0 Å². The lowest BCUT2D eigenvalue weighted by molar-refractivity contribution is -0.129. The highest BCUT2D eigenvalue weighted by Gasteiger charge is 2.31. The smallest absolute Gasteiger partial charge is 0.390 e. The largest absolute Gasteiger partial charge is 0.478 e. The number of aromatic carboxylic acids is 1. The number of carbonyl (C=O) groups is 1. The third-order valence-electron chi connectivity index (χ3n) is 2.25. The van der Waals surface area contributed by atoms with Crippen molar-refractivity contribution in [3.05, 3.63) is 28.5 Å². The summed E-state index contributed by atoms with van der Waals surface area (Å²) >= 11 is 5.33. The fourth-order valence-corrected chi connectivity index (χ4v) is 2.77. The second-order valence-electron chi connectivity index (χ2n) is 3.76. The molecule has 0 aliphatic carbocycles. The summed E-state index contributed by atoms with van der Waals surface area (Å²) in [7, 11) is -4.47. The molecule has 0 aromatic heterocycles. The van der Waals surface area contributed by atoms with Gasteiger partial charge in [0.1, 0.15) is 5.82 Å². The standard InChI is InChI=1S/C10H7ClF4O4S/c11-8-6(9(16)17)3-5(4-7(8)12)20(18,19)2-1-10(13,14)15/h3-4H,1-2H2,(H,16,17). The molecule has 0 aliphatic rings. The molecule has 112 valence electrons. The molecule has 1 aromatic carbocycles. The third kappa shape index (κ3) is 4.07. The van der Waals surface area contributed by atoms with Crippen LogP contribution in [0.2, 0.25) is 5.02 Å². The van der Waals surface area contributed by atoms with Crippen molar-refractivity contribution < 1.29 is 35.9 Å². The van der Waals surface area contributed by atoms with Crippen molar-refractivity contribution in [2.45, 2.75) is 17.5 Å². The van der Waals surface area contributed by atoms with Gasteiger partial charge in [-0.25, -0.2) is 17.6 Å². The highest BCUT2D eigenvalue weighted by molar-refractivity contribution is 7.91. The Morgan fingerprint density at radius 3 is 2.30 bits per heavy atom. The number of hydrogen-bond acceptors (Lipinski definition) is 3. The zero-order chi connectivity index (χ0) is 15.7. The third-order valence-corrected chi connectivity index (χ3v) is 4.33. The molecule has 0 bridgehead atoms. The van der Waals surface area contributed by atoms with Crippen LogP contribution in [0.15, 0.2) is 17.0 Å². The summed E-state index contributed by atoms with van der Waals surface area (Å²) in [4.78, 5) is 9.88. The first-order valence-corrected chi connectivity index (χ1v) is 6.99. The van der Waals surface area contributed by atoms with Crippen LogP contribution < -0.4 is 0 Å². The lowest BCUT2D eigenvalue weighted by Crippen LogP contribution is -2.17. The molecule has 0 radical (unpaired) electrons. The highest BCUT2D eigenvalue weighted by atomic mass is 35.5. The van der Waals surface area contributed by atoms with E-state index in [4.69, 9.17) is 16.7 Å². The van der Waals surface area contributed by atoms with Gasteiger partial charge in [0.15, 0.2) is 9.84 Å². The van der Waals surface area contributed by atoms with Gasteiger partial charge in [-0.1, -0.05) is 11.6 Å². The van der Waals surface area contributed by atoms with Crippen molar-refractivity contribution in [1.29, 1.82) is 0 Å². The maximum atomic E-state index is 13.3. The van der Waals surface area contributed by atoms with E-state index in [1.807, 2.05) is 0 Å². The molecule has 0 amide bonds. The Bertz CT molecular complexity index is 639. The molecule has 0 spiro atoms. The molecule has 0 unspecified atom stereocenters. The molecule has 0 fully saturated rings. The van der Waals surface area contributed by atoms with Gasteiger partial charge in [0.05, 0.1) is 27.7 Å². The minimum Gasteiger partial charge on any atom is -0.478 e. The van der Waals surface area contributed by atoms with Crippen molar-refractivity contribution in [3.8, 4) is 0 Å². The van der Waals surface area contributed by atoms with Crippen LogP contribution >= 0.6 is 11.6 Å². The Hall–Kier alpha value is -1.35. The van der Waals surface area contributed by atoms with Crippen LogP contribution in [0.1, 0.15) is 16.8 Å². The van der Waals surface area contributed by atoms with Gasteiger partial charge < -0.3 is 5.11 Å². The average molecular weight is 335 g/mol. The lowest BCUT2D eigenvalue weighted by Gasteiger charge is -2.09. The summed E-state index contributed by atoms with van der Waals surface area (Å²) in [6, 6.07) is 0.917. The predicted octanol–water partition coefficient (Wildman–Crippen LogP) is 2.90. The van der Waals surface area contributed by atoms with Crippen LogP contribution in [-0.4, -0.2) is 31.4 Å². The van der Waals surface area contributed by atoms with E-state index in [2.05, 4.69) is 0 Å². The Kier molecular flexibility index (Phi) is 4.65. The monoisotopic (exact) mass is 334 g/mol. The summed E-state index contributed by atoms with van der Waals surface area (Å²) in [6.07, 6.45) is -6.32. The SMILES string of the molecule is O=C(O)c1cc(S(=O)(=O)CCC(F)(F)F)cc(F)c1Cl. The number of carboxylic acid groups (broad SMARTS) is 1. The zero-order valence-electron chi connectivity index (χ0n) is 9.54. The van der Waals surface area contributed by atoms with E-state index in [1.165, 1.54) is 0 Å². The average Bonchev–Trinajstić information content (AvgIpc) is 2.28. The number of hydrogen-bond donors (Lipinski definition) is 1. The van der Waals surface area contributed by atoms with Gasteiger partial charge in [0.2, 0.25) is 0 Å². The maximum Gasteiger partial charge on any atom is 0.390 e. The van der Waals surface area contributed by atoms with E-state index in [9.17, 15) is 30.8 Å². The molecule has 0 saturated heterocycles. The van der Waals surface area contributed by atoms with E-state index in [0.29, 0.717) is 12.1 Å². The van der Waals surface area contributed by atoms with Crippen LogP contribution in [0.5, 0.6) is 0 Å². The van der Waals surface area contributed by atoms with E-state index < -0.39 is 55.5 Å². The Morgan fingerprint density at radius 2 is 1.85 bits per heavy atom. The van der Waals surface area contributed by atoms with Crippen molar-refractivity contribution >= 4 is 27.4 Å². The molecule has 1 rings (SSSR count). The topological polar surface area (TPSA) is 71.4 Å². The fourth-order valence-electron chi connectivity index (χ4n) is 1.27. The lowest BCUT2D eigenvalue weighted by atomic mass is 10.2. The van der Waals surface area contributed by atoms with Gasteiger partial charge in [-0.2, -0.15) is 13.2 Å². The maximum absolute atomic E-state index is 13.3. The van der Waals surface area contributed by atoms with Gasteiger partial charge in [-0.05, 0) is 12.1 Å². The summed E-state index contributed by atoms with van der Waals surface area (Å²) in [5, 5.41) is 7.90. The van der Waals surface area contributed by atoms with Gasteiger partial charge in [0.25, 0.3) is 0 Å². The van der Waals surface area contributed by atoms with Crippen LogP contribution in [-0.2, 0) is 9.84 Å². The number of benzene rings is 1. The fraction of sp³-hybridized carbons (Fsp3) is 0.300. The van der Waals surface area contributed by atoms with Gasteiger partial charge >= 0.3 is 12.1 Å². The molecule has 1 N–H and O–H groups in total. The van der Waals surface area contributed by atoms with Crippen molar-refractivity contribution in [3.63, 3.8) is 0 Å². The van der Waals surface area contributed by atoms with Crippen LogP contribution in [0.3, 0.4) is 0 Å². The Morgan fingerprint density at radius 1 is 1.30 bits per heavy atom. The minimum atomic E-state index is -4.70. The van der Waals surface area contributed by atoms with Crippen molar-refractivity contribution in [2.24, 2.45) is 0 Å². The molecular weight excluding hydrogens is 328 g/mol. The predicted molar refractivity (Wildman–Crippen MR) is 61.1 cm³/mol. The van der Waals surface area contributed by atoms with Crippen molar-refractivity contribution in [2.75, 3.05) is 5.75 Å². The molecule has 0 heterocycles. The van der Waals surface area contributed by atoms with E-state index in [1.54, 1.807) is 0 Å². The number of rotatable bonds is 4. The molecule has 0 aliphatic heterocycles. The summed E-state index contributed by atoms with van der Waals surface area (Å²) < 4.78 is 72.5. The van der Waals surface area contributed by atoms with Crippen molar-refractivity contribution in [1.82, 2.24) is 0 Å². The Labute approximate surface area is 115 Å². The zero-order valence-corrected chi connectivity index (χ0v) is 11.1. The Balaban J connectivity index is 3.23. The molecule has 1 aromatic rings. The van der Waals surface area contributed by atoms with E-state index in [-0.39, 0.29) is 0 Å². The molecule has 0 atom stereocenters. The molecule has 10 heteroatoms. The van der Waals surface area contributed by atoms with Gasteiger partial charge in [-0.3, -0.25) is 0 Å². The summed E-state index contributed by atoms with van der Waals surface area (Å²) in [5.41, 5.74) is -0.836. The first-order chi connectivity index (χ1) is 8.94. The highest BCUT2D eigenvalue weighted by Crippen LogP contribution is 2.27. The second-order valence-corrected chi connectivity index (χ2v) is 6.24. The van der Waals surface area contributed by atoms with Crippen LogP contribution in [0.4, 0.5) is 17.6 Å². The quantitative estimate of drug-likeness (QED) is 0.859. The van der Waals surface area contributed by atoms with E-state index >= 15 is 0 Å². The second kappa shape index (κ2) is 5.57. The number of sulfone groups is 1. The van der Waals surface area contributed by atoms with Crippen LogP contribution in [0.25, 0.3) is 0 Å². The minimum absolute atomic E-state index is 0.389. The van der Waals surface area contributed by atoms with Crippen LogP contribution in [0, 0.1) is 5.82 Å². The number of alkyl halides is 3. The van der Waals surface area contributed by atoms with Gasteiger partial charge in [-0.15, -0.1) is 0 Å². The summed E-state index contributed by atoms with van der Waals surface area (Å²) in [6.45, 7) is 0. The number of halogens is 5. The van der Waals surface area contributed by atoms with E-state index in [0.717, 1.165) is 0 Å². The first-order valence-electron chi connectivity index (χ1n) is 4.96. The summed E-state index contributed by atoms with van der Waals surface area (Å²) in [5.74, 6) is -4.34. The number of carboxylic acids is 1. The first kappa shape index (κ1) is 16.7. The molecule has 4 nitrogen and oxygen atoms in total. The molecule has 20 heavy (non-hydrogen) atoms. The molecular formula is C10H7ClF4O4S. The normalized spacial score (nSPS) is 12.4.